The number of rotatable bonds is 11. The van der Waals surface area contributed by atoms with E-state index in [1.165, 1.54) is 0 Å². The summed E-state index contributed by atoms with van der Waals surface area (Å²) < 4.78 is 0. The summed E-state index contributed by atoms with van der Waals surface area (Å²) in [5, 5.41) is 20.2. The van der Waals surface area contributed by atoms with Gasteiger partial charge in [0.2, 0.25) is 11.8 Å². The SMILES string of the molecule is NC(CCC(=O)N[C@H](CS)C(=O)N(CC(=O)O)Cc1ccccc1)C(=O)O. The Morgan fingerprint density at radius 1 is 1.15 bits per heavy atom. The third kappa shape index (κ3) is 8.09. The zero-order valence-electron chi connectivity index (χ0n) is 14.6. The highest BCUT2D eigenvalue weighted by molar-refractivity contribution is 7.80. The number of benzene rings is 1. The molecule has 5 N–H and O–H groups in total. The zero-order valence-corrected chi connectivity index (χ0v) is 15.5. The molecule has 2 atom stereocenters. The van der Waals surface area contributed by atoms with E-state index in [1.807, 2.05) is 0 Å². The predicted molar refractivity (Wildman–Crippen MR) is 100 cm³/mol. The zero-order chi connectivity index (χ0) is 20.4. The van der Waals surface area contributed by atoms with E-state index < -0.39 is 42.4 Å². The van der Waals surface area contributed by atoms with Crippen LogP contribution in [0.15, 0.2) is 30.3 Å². The third-order valence-electron chi connectivity index (χ3n) is 3.67. The number of carboxylic acid groups (broad SMARTS) is 2. The molecule has 0 radical (unpaired) electrons. The smallest absolute Gasteiger partial charge is 0.323 e. The van der Waals surface area contributed by atoms with Crippen LogP contribution in [-0.4, -0.2) is 63.2 Å². The van der Waals surface area contributed by atoms with Crippen LogP contribution in [0.2, 0.25) is 0 Å². The van der Waals surface area contributed by atoms with Crippen molar-refractivity contribution in [3.05, 3.63) is 35.9 Å². The van der Waals surface area contributed by atoms with E-state index >= 15 is 0 Å². The molecule has 0 aliphatic heterocycles. The number of hydrogen-bond donors (Lipinski definition) is 5. The number of thiol groups is 1. The third-order valence-corrected chi connectivity index (χ3v) is 4.03. The van der Waals surface area contributed by atoms with Crippen molar-refractivity contribution in [2.45, 2.75) is 31.5 Å². The van der Waals surface area contributed by atoms with Crippen LogP contribution >= 0.6 is 12.6 Å². The van der Waals surface area contributed by atoms with Crippen LogP contribution in [0.3, 0.4) is 0 Å². The van der Waals surface area contributed by atoms with Gasteiger partial charge in [0.1, 0.15) is 18.6 Å². The van der Waals surface area contributed by atoms with Gasteiger partial charge < -0.3 is 26.2 Å². The summed E-state index contributed by atoms with van der Waals surface area (Å²) in [4.78, 5) is 47.5. The lowest BCUT2D eigenvalue weighted by Crippen LogP contribution is -2.50. The highest BCUT2D eigenvalue weighted by atomic mass is 32.1. The Morgan fingerprint density at radius 3 is 2.30 bits per heavy atom. The number of aliphatic carboxylic acids is 2. The molecule has 0 saturated heterocycles. The second-order valence-electron chi connectivity index (χ2n) is 5.86. The number of hydrogen-bond acceptors (Lipinski definition) is 6. The molecule has 1 unspecified atom stereocenters. The standard InChI is InChI=1S/C17H23N3O6S/c18-12(17(25)26)6-7-14(21)19-13(10-27)16(24)20(9-15(22)23)8-11-4-2-1-3-5-11/h1-5,12-13,27H,6-10,18H2,(H,19,21)(H,22,23)(H,25,26)/t12?,13-/m1/s1. The first kappa shape index (κ1) is 22.5. The van der Waals surface area contributed by atoms with E-state index in [2.05, 4.69) is 17.9 Å². The quantitative estimate of drug-likeness (QED) is 0.322. The Kier molecular flexibility index (Phi) is 9.31. The fourth-order valence-corrected chi connectivity index (χ4v) is 2.51. The number of amides is 2. The molecule has 0 fully saturated rings. The summed E-state index contributed by atoms with van der Waals surface area (Å²) in [6.45, 7) is -0.465. The molecular formula is C17H23N3O6S. The number of nitrogens with one attached hydrogen (secondary N) is 1. The Bertz CT molecular complexity index is 670. The summed E-state index contributed by atoms with van der Waals surface area (Å²) in [7, 11) is 0. The number of nitrogens with two attached hydrogens (primary N) is 1. The van der Waals surface area contributed by atoms with Gasteiger partial charge in [-0.1, -0.05) is 30.3 Å². The van der Waals surface area contributed by atoms with Crippen LogP contribution in [0.4, 0.5) is 0 Å². The number of nitrogens with zero attached hydrogens (tertiary/aromatic N) is 1. The minimum absolute atomic E-state index is 0.0412. The first-order chi connectivity index (χ1) is 12.7. The van der Waals surface area contributed by atoms with Gasteiger partial charge in [-0.3, -0.25) is 19.2 Å². The Morgan fingerprint density at radius 2 is 1.78 bits per heavy atom. The molecule has 148 valence electrons. The fraction of sp³-hybridized carbons (Fsp3) is 0.412. The highest BCUT2D eigenvalue weighted by Gasteiger charge is 2.27. The maximum absolute atomic E-state index is 12.7. The fourth-order valence-electron chi connectivity index (χ4n) is 2.26. The van der Waals surface area contributed by atoms with Crippen molar-refractivity contribution in [2.75, 3.05) is 12.3 Å². The maximum Gasteiger partial charge on any atom is 0.323 e. The monoisotopic (exact) mass is 397 g/mol. The van der Waals surface area contributed by atoms with Gasteiger partial charge in [0.25, 0.3) is 0 Å². The molecule has 1 aromatic carbocycles. The van der Waals surface area contributed by atoms with Gasteiger partial charge in [-0.05, 0) is 12.0 Å². The van der Waals surface area contributed by atoms with E-state index in [4.69, 9.17) is 15.9 Å². The molecule has 27 heavy (non-hydrogen) atoms. The van der Waals surface area contributed by atoms with Gasteiger partial charge in [0.15, 0.2) is 0 Å². The Labute approximate surface area is 161 Å². The van der Waals surface area contributed by atoms with Gasteiger partial charge in [-0.25, -0.2) is 0 Å². The van der Waals surface area contributed by atoms with E-state index in [-0.39, 0.29) is 25.1 Å². The molecule has 0 heterocycles. The average molecular weight is 397 g/mol. The second kappa shape index (κ2) is 11.2. The normalized spacial score (nSPS) is 12.7. The highest BCUT2D eigenvalue weighted by Crippen LogP contribution is 2.08. The van der Waals surface area contributed by atoms with Gasteiger partial charge in [0.05, 0.1) is 0 Å². The van der Waals surface area contributed by atoms with Crippen LogP contribution in [0, 0.1) is 0 Å². The van der Waals surface area contributed by atoms with E-state index in [0.717, 1.165) is 10.5 Å². The molecule has 0 aliphatic carbocycles. The molecule has 1 rings (SSSR count). The molecule has 1 aromatic rings. The van der Waals surface area contributed by atoms with Crippen molar-refractivity contribution >= 4 is 36.4 Å². The first-order valence-electron chi connectivity index (χ1n) is 8.17. The largest absolute Gasteiger partial charge is 0.480 e. The van der Waals surface area contributed by atoms with Crippen LogP contribution in [-0.2, 0) is 25.7 Å². The minimum atomic E-state index is -1.22. The van der Waals surface area contributed by atoms with Crippen molar-refractivity contribution in [2.24, 2.45) is 5.73 Å². The van der Waals surface area contributed by atoms with Crippen LogP contribution in [0.25, 0.3) is 0 Å². The lowest BCUT2D eigenvalue weighted by atomic mass is 10.1. The number of carboxylic acids is 2. The molecule has 0 saturated carbocycles. The Balaban J connectivity index is 2.76. The molecule has 0 aromatic heterocycles. The summed E-state index contributed by atoms with van der Waals surface area (Å²) in [6.07, 6.45) is -0.264. The van der Waals surface area contributed by atoms with Crippen LogP contribution in [0.1, 0.15) is 18.4 Å². The molecule has 2 amide bonds. The number of carbonyl (C=O) groups is 4. The van der Waals surface area contributed by atoms with Crippen molar-refractivity contribution in [1.82, 2.24) is 10.2 Å². The molecule has 0 spiro atoms. The van der Waals surface area contributed by atoms with Gasteiger partial charge in [-0.15, -0.1) is 0 Å². The van der Waals surface area contributed by atoms with Crippen molar-refractivity contribution in [3.63, 3.8) is 0 Å². The topological polar surface area (TPSA) is 150 Å². The van der Waals surface area contributed by atoms with Crippen LogP contribution < -0.4 is 11.1 Å². The van der Waals surface area contributed by atoms with Crippen molar-refractivity contribution in [1.29, 1.82) is 0 Å². The van der Waals surface area contributed by atoms with E-state index in [9.17, 15) is 19.2 Å². The van der Waals surface area contributed by atoms with E-state index in [1.54, 1.807) is 30.3 Å². The molecular weight excluding hydrogens is 374 g/mol. The van der Waals surface area contributed by atoms with Gasteiger partial charge in [-0.2, -0.15) is 12.6 Å². The molecule has 10 heteroatoms. The lowest BCUT2D eigenvalue weighted by Gasteiger charge is -2.26. The Hall–Kier alpha value is -2.59. The summed E-state index contributed by atoms with van der Waals surface area (Å²) in [6, 6.07) is 6.62. The summed E-state index contributed by atoms with van der Waals surface area (Å²) >= 11 is 4.05. The van der Waals surface area contributed by atoms with Crippen molar-refractivity contribution in [3.8, 4) is 0 Å². The number of carbonyl (C=O) groups excluding carboxylic acids is 2. The van der Waals surface area contributed by atoms with Gasteiger partial charge in [0, 0.05) is 18.7 Å². The summed E-state index contributed by atoms with van der Waals surface area (Å²) in [5.41, 5.74) is 6.08. The predicted octanol–water partition coefficient (Wildman–Crippen LogP) is -0.293. The second-order valence-corrected chi connectivity index (χ2v) is 6.22. The lowest BCUT2D eigenvalue weighted by molar-refractivity contribution is -0.146. The molecule has 9 nitrogen and oxygen atoms in total. The average Bonchev–Trinajstić information content (AvgIpc) is 2.63. The van der Waals surface area contributed by atoms with Crippen LogP contribution in [0.5, 0.6) is 0 Å². The maximum atomic E-state index is 12.7. The summed E-state index contributed by atoms with van der Waals surface area (Å²) in [5.74, 6) is -3.60. The molecule has 0 aliphatic rings. The minimum Gasteiger partial charge on any atom is -0.480 e. The van der Waals surface area contributed by atoms with Crippen molar-refractivity contribution < 1.29 is 29.4 Å². The molecule has 0 bridgehead atoms. The first-order valence-corrected chi connectivity index (χ1v) is 8.81. The van der Waals surface area contributed by atoms with E-state index in [0.29, 0.717) is 0 Å². The van der Waals surface area contributed by atoms with Gasteiger partial charge >= 0.3 is 11.9 Å².